The van der Waals surface area contributed by atoms with Gasteiger partial charge in [0.15, 0.2) is 0 Å². The molecule has 2 aliphatic rings. The lowest BCUT2D eigenvalue weighted by Gasteiger charge is -2.33. The van der Waals surface area contributed by atoms with Gasteiger partial charge in [-0.3, -0.25) is 14.9 Å². The van der Waals surface area contributed by atoms with E-state index in [-0.39, 0.29) is 17.5 Å². The maximum atomic E-state index is 12.7. The van der Waals surface area contributed by atoms with Crippen LogP contribution in [0.2, 0.25) is 0 Å². The zero-order chi connectivity index (χ0) is 18.0. The molecule has 132 valence electrons. The molecule has 8 heteroatoms. The van der Waals surface area contributed by atoms with Crippen LogP contribution in [0.15, 0.2) is 36.5 Å². The molecule has 1 aliphatic heterocycles. The number of carbonyl (C=O) groups excluding carboxylic acids is 2. The third kappa shape index (κ3) is 3.62. The molecule has 1 saturated heterocycles. The molecule has 0 spiro atoms. The fraction of sp³-hybridized carbons (Fsp3) is 0.412. The summed E-state index contributed by atoms with van der Waals surface area (Å²) in [5, 5.41) is 16.2. The van der Waals surface area contributed by atoms with Gasteiger partial charge in [-0.15, -0.1) is 0 Å². The lowest BCUT2D eigenvalue weighted by atomic mass is 9.89. The monoisotopic (exact) mass is 345 g/mol. The van der Waals surface area contributed by atoms with Crippen LogP contribution in [0, 0.1) is 16.0 Å². The van der Waals surface area contributed by atoms with Gasteiger partial charge >= 0.3 is 12.0 Å². The zero-order valence-corrected chi connectivity index (χ0v) is 13.6. The van der Waals surface area contributed by atoms with E-state index in [2.05, 4.69) is 17.2 Å². The first kappa shape index (κ1) is 16.9. The summed E-state index contributed by atoms with van der Waals surface area (Å²) in [5.74, 6) is -1.33. The zero-order valence-electron chi connectivity index (χ0n) is 13.6. The van der Waals surface area contributed by atoms with Crippen LogP contribution in [0.25, 0.3) is 0 Å². The number of benzene rings is 1. The van der Waals surface area contributed by atoms with Crippen LogP contribution < -0.4 is 10.6 Å². The first-order valence-electron chi connectivity index (χ1n) is 8.17. The second-order valence-electron chi connectivity index (χ2n) is 6.27. The topological polar surface area (TPSA) is 111 Å². The van der Waals surface area contributed by atoms with E-state index in [1.165, 1.54) is 18.2 Å². The fourth-order valence-electron chi connectivity index (χ4n) is 3.32. The summed E-state index contributed by atoms with van der Waals surface area (Å²) < 4.78 is 5.56. The molecule has 1 heterocycles. The number of nitrogens with one attached hydrogen (secondary N) is 2. The third-order valence-electron chi connectivity index (χ3n) is 4.55. The number of ether oxygens (including phenoxy) is 1. The van der Waals surface area contributed by atoms with Gasteiger partial charge in [-0.05, 0) is 31.2 Å². The minimum atomic E-state index is -0.847. The van der Waals surface area contributed by atoms with E-state index in [4.69, 9.17) is 4.74 Å². The van der Waals surface area contributed by atoms with Crippen molar-refractivity contribution in [2.45, 2.75) is 37.8 Å². The van der Waals surface area contributed by atoms with E-state index < -0.39 is 28.9 Å². The second-order valence-corrected chi connectivity index (χ2v) is 6.27. The van der Waals surface area contributed by atoms with E-state index in [1.54, 1.807) is 6.07 Å². The van der Waals surface area contributed by atoms with Gasteiger partial charge < -0.3 is 15.4 Å². The predicted octanol–water partition coefficient (Wildman–Crippen LogP) is 2.56. The quantitative estimate of drug-likeness (QED) is 0.495. The number of non-ortho nitro benzene ring substituents is 1. The molecule has 0 radical (unpaired) electrons. The van der Waals surface area contributed by atoms with Crippen LogP contribution in [-0.2, 0) is 9.53 Å². The molecule has 2 unspecified atom stereocenters. The Hall–Kier alpha value is -2.90. The molecule has 2 amide bonds. The molecule has 8 nitrogen and oxygen atoms in total. The van der Waals surface area contributed by atoms with Gasteiger partial charge in [0.2, 0.25) is 0 Å². The molecule has 25 heavy (non-hydrogen) atoms. The fourth-order valence-corrected chi connectivity index (χ4v) is 3.32. The highest BCUT2D eigenvalue weighted by Crippen LogP contribution is 2.33. The molecular weight excluding hydrogens is 326 g/mol. The van der Waals surface area contributed by atoms with Crippen LogP contribution in [-0.4, -0.2) is 23.0 Å². The molecule has 3 rings (SSSR count). The van der Waals surface area contributed by atoms with Gasteiger partial charge in [-0.2, -0.15) is 0 Å². The minimum Gasteiger partial charge on any atom is -0.462 e. The van der Waals surface area contributed by atoms with Crippen LogP contribution in [0.3, 0.4) is 0 Å². The maximum Gasteiger partial charge on any atom is 0.319 e. The van der Waals surface area contributed by atoms with Gasteiger partial charge in [-0.25, -0.2) is 4.79 Å². The molecular formula is C17H19N3O5. The number of nitro groups is 1. The van der Waals surface area contributed by atoms with E-state index in [0.29, 0.717) is 5.56 Å². The second kappa shape index (κ2) is 6.92. The number of nitro benzene ring substituents is 1. The number of esters is 1. The number of nitrogens with zero attached hydrogens (tertiary/aromatic N) is 1. The van der Waals surface area contributed by atoms with Crippen molar-refractivity contribution in [3.8, 4) is 0 Å². The molecule has 1 aromatic carbocycles. The third-order valence-corrected chi connectivity index (χ3v) is 4.55. The Bertz CT molecular complexity index is 727. The number of amides is 2. The molecule has 1 aliphatic carbocycles. The molecule has 2 fully saturated rings. The summed E-state index contributed by atoms with van der Waals surface area (Å²) in [6, 6.07) is 4.57. The molecule has 2 N–H and O–H groups in total. The Balaban J connectivity index is 1.88. The lowest BCUT2D eigenvalue weighted by Crippen LogP contribution is -2.51. The normalized spacial score (nSPS) is 23.7. The standard InChI is InChI=1S/C17H19N3O5/c1-10-14(16(21)25-13-7-2-3-8-13)15(19-17(22)18-10)11-5-4-6-12(9-11)20(23)24/h4-6,9,13-15H,1-3,7-8H2,(H2,18,19,22). The van der Waals surface area contributed by atoms with Crippen molar-refractivity contribution in [1.82, 2.24) is 10.6 Å². The Morgan fingerprint density at radius 3 is 2.72 bits per heavy atom. The van der Waals surface area contributed by atoms with Gasteiger partial charge in [0.1, 0.15) is 12.0 Å². The summed E-state index contributed by atoms with van der Waals surface area (Å²) >= 11 is 0. The van der Waals surface area contributed by atoms with Crippen molar-refractivity contribution in [1.29, 1.82) is 0 Å². The Morgan fingerprint density at radius 1 is 1.32 bits per heavy atom. The van der Waals surface area contributed by atoms with Crippen molar-refractivity contribution in [2.75, 3.05) is 0 Å². The molecule has 2 atom stereocenters. The van der Waals surface area contributed by atoms with Crippen molar-refractivity contribution in [2.24, 2.45) is 5.92 Å². The van der Waals surface area contributed by atoms with E-state index >= 15 is 0 Å². The van der Waals surface area contributed by atoms with Crippen molar-refractivity contribution in [3.05, 3.63) is 52.2 Å². The lowest BCUT2D eigenvalue weighted by molar-refractivity contribution is -0.384. The Labute approximate surface area is 144 Å². The van der Waals surface area contributed by atoms with Gasteiger partial charge in [0.05, 0.1) is 11.0 Å². The van der Waals surface area contributed by atoms with Gasteiger partial charge in [-0.1, -0.05) is 18.7 Å². The first-order chi connectivity index (χ1) is 12.0. The predicted molar refractivity (Wildman–Crippen MR) is 88.5 cm³/mol. The van der Waals surface area contributed by atoms with Crippen molar-refractivity contribution in [3.63, 3.8) is 0 Å². The van der Waals surface area contributed by atoms with E-state index in [0.717, 1.165) is 25.7 Å². The van der Waals surface area contributed by atoms with Gasteiger partial charge in [0.25, 0.3) is 5.69 Å². The van der Waals surface area contributed by atoms with Crippen molar-refractivity contribution >= 4 is 17.7 Å². The average molecular weight is 345 g/mol. The molecule has 1 saturated carbocycles. The van der Waals surface area contributed by atoms with E-state index in [9.17, 15) is 19.7 Å². The average Bonchev–Trinajstić information content (AvgIpc) is 3.07. The first-order valence-corrected chi connectivity index (χ1v) is 8.17. The largest absolute Gasteiger partial charge is 0.462 e. The highest BCUT2D eigenvalue weighted by Gasteiger charge is 2.40. The van der Waals surface area contributed by atoms with Crippen LogP contribution in [0.5, 0.6) is 0 Å². The summed E-state index contributed by atoms with van der Waals surface area (Å²) in [7, 11) is 0. The highest BCUT2D eigenvalue weighted by atomic mass is 16.6. The van der Waals surface area contributed by atoms with Crippen molar-refractivity contribution < 1.29 is 19.2 Å². The Morgan fingerprint density at radius 2 is 2.04 bits per heavy atom. The Kier molecular flexibility index (Phi) is 4.69. The summed E-state index contributed by atoms with van der Waals surface area (Å²) in [5.41, 5.74) is 0.570. The van der Waals surface area contributed by atoms with Crippen LogP contribution >= 0.6 is 0 Å². The summed E-state index contributed by atoms with van der Waals surface area (Å²) in [4.78, 5) is 35.0. The smallest absolute Gasteiger partial charge is 0.319 e. The number of hydrogen-bond acceptors (Lipinski definition) is 5. The minimum absolute atomic E-state index is 0.112. The molecule has 0 bridgehead atoms. The van der Waals surface area contributed by atoms with Crippen LogP contribution in [0.4, 0.5) is 10.5 Å². The number of hydrogen-bond donors (Lipinski definition) is 2. The van der Waals surface area contributed by atoms with E-state index in [1.807, 2.05) is 0 Å². The SMILES string of the molecule is C=C1NC(=O)NC(c2cccc([N+](=O)[O-])c2)C1C(=O)OC1CCCC1. The summed E-state index contributed by atoms with van der Waals surface area (Å²) in [6.45, 7) is 3.77. The molecule has 0 aromatic heterocycles. The highest BCUT2D eigenvalue weighted by molar-refractivity contribution is 5.85. The maximum absolute atomic E-state index is 12.7. The number of urea groups is 1. The number of rotatable bonds is 4. The molecule has 1 aromatic rings. The number of carbonyl (C=O) groups is 2. The van der Waals surface area contributed by atoms with Crippen LogP contribution in [0.1, 0.15) is 37.3 Å². The summed E-state index contributed by atoms with van der Waals surface area (Å²) in [6.07, 6.45) is 3.57. The van der Waals surface area contributed by atoms with Gasteiger partial charge in [0, 0.05) is 17.8 Å².